The van der Waals surface area contributed by atoms with Crippen molar-refractivity contribution < 1.29 is 5.11 Å². The van der Waals surface area contributed by atoms with Gasteiger partial charge in [-0.25, -0.2) is 4.98 Å². The van der Waals surface area contributed by atoms with Crippen LogP contribution in [0.3, 0.4) is 0 Å². The maximum atomic E-state index is 9.83. The van der Waals surface area contributed by atoms with E-state index in [0.717, 1.165) is 48.7 Å². The van der Waals surface area contributed by atoms with Crippen molar-refractivity contribution in [2.75, 3.05) is 16.8 Å². The third-order valence-electron chi connectivity index (χ3n) is 5.21. The second kappa shape index (κ2) is 7.98. The van der Waals surface area contributed by atoms with Gasteiger partial charge in [-0.1, -0.05) is 43.3 Å². The van der Waals surface area contributed by atoms with Gasteiger partial charge < -0.3 is 15.3 Å². The Hall–Kier alpha value is -2.92. The Labute approximate surface area is 166 Å². The number of nitrogens with one attached hydrogen (secondary N) is 1. The maximum absolute atomic E-state index is 9.83. The Morgan fingerprint density at radius 3 is 2.64 bits per heavy atom. The average molecular weight is 374 g/mol. The number of anilines is 3. The fraction of sp³-hybridized carbons (Fsp3) is 0.304. The number of para-hydroxylation sites is 1. The van der Waals surface area contributed by atoms with E-state index in [4.69, 9.17) is 4.98 Å². The summed E-state index contributed by atoms with van der Waals surface area (Å²) in [5.74, 6) is 1.59. The first kappa shape index (κ1) is 18.4. The van der Waals surface area contributed by atoms with E-state index in [1.54, 1.807) is 0 Å². The van der Waals surface area contributed by atoms with Crippen LogP contribution in [0.4, 0.5) is 17.5 Å². The third kappa shape index (κ3) is 3.99. The first-order valence-electron chi connectivity index (χ1n) is 9.87. The number of rotatable bonds is 5. The summed E-state index contributed by atoms with van der Waals surface area (Å²) < 4.78 is 0. The van der Waals surface area contributed by atoms with Gasteiger partial charge in [0, 0.05) is 30.5 Å². The summed E-state index contributed by atoms with van der Waals surface area (Å²) in [5, 5.41) is 13.2. The van der Waals surface area contributed by atoms with Gasteiger partial charge in [-0.2, -0.15) is 4.98 Å². The number of nitrogens with zero attached hydrogens (tertiary/aromatic N) is 3. The summed E-state index contributed by atoms with van der Waals surface area (Å²) in [5.41, 5.74) is 5.61. The van der Waals surface area contributed by atoms with Crippen LogP contribution in [0.25, 0.3) is 0 Å². The van der Waals surface area contributed by atoms with Crippen LogP contribution in [-0.4, -0.2) is 21.6 Å². The van der Waals surface area contributed by atoms with Gasteiger partial charge in [0.15, 0.2) is 0 Å². The fourth-order valence-electron chi connectivity index (χ4n) is 3.56. The molecule has 2 N–H and O–H groups in total. The molecule has 0 spiro atoms. The van der Waals surface area contributed by atoms with Gasteiger partial charge in [0.25, 0.3) is 0 Å². The highest BCUT2D eigenvalue weighted by Crippen LogP contribution is 2.27. The number of aliphatic hydroxyl groups is 1. The van der Waals surface area contributed by atoms with Crippen LogP contribution in [0.15, 0.2) is 54.6 Å². The number of hydrogen-bond donors (Lipinski definition) is 2. The zero-order valence-electron chi connectivity index (χ0n) is 16.4. The lowest BCUT2D eigenvalue weighted by atomic mass is 9.96. The van der Waals surface area contributed by atoms with E-state index < -0.39 is 6.10 Å². The van der Waals surface area contributed by atoms with Crippen LogP contribution in [0, 0.1) is 0 Å². The monoisotopic (exact) mass is 374 g/mol. The van der Waals surface area contributed by atoms with Crippen molar-refractivity contribution in [1.29, 1.82) is 0 Å². The second-order valence-electron chi connectivity index (χ2n) is 7.26. The van der Waals surface area contributed by atoms with E-state index in [1.165, 1.54) is 11.1 Å². The van der Waals surface area contributed by atoms with E-state index in [0.29, 0.717) is 5.95 Å². The highest BCUT2D eigenvalue weighted by atomic mass is 16.3. The normalized spacial score (nSPS) is 14.5. The number of aromatic nitrogens is 2. The maximum Gasteiger partial charge on any atom is 0.229 e. The topological polar surface area (TPSA) is 61.3 Å². The second-order valence-corrected chi connectivity index (χ2v) is 7.26. The van der Waals surface area contributed by atoms with Crippen LogP contribution in [-0.2, 0) is 19.4 Å². The van der Waals surface area contributed by atoms with Gasteiger partial charge in [-0.15, -0.1) is 0 Å². The lowest BCUT2D eigenvalue weighted by Gasteiger charge is -2.30. The van der Waals surface area contributed by atoms with E-state index in [-0.39, 0.29) is 0 Å². The number of hydrogen-bond acceptors (Lipinski definition) is 5. The fourth-order valence-corrected chi connectivity index (χ4v) is 3.56. The van der Waals surface area contributed by atoms with Gasteiger partial charge in [0.05, 0.1) is 6.10 Å². The molecule has 28 heavy (non-hydrogen) atoms. The molecule has 0 bridgehead atoms. The molecule has 5 nitrogen and oxygen atoms in total. The van der Waals surface area contributed by atoms with Gasteiger partial charge >= 0.3 is 0 Å². The van der Waals surface area contributed by atoms with Gasteiger partial charge in [0.1, 0.15) is 5.82 Å². The molecule has 0 radical (unpaired) electrons. The van der Waals surface area contributed by atoms with Crippen molar-refractivity contribution in [3.8, 4) is 0 Å². The van der Waals surface area contributed by atoms with Crippen molar-refractivity contribution in [1.82, 2.24) is 9.97 Å². The molecular formula is C23H26N4O. The molecule has 0 saturated heterocycles. The molecule has 3 aromatic rings. The zero-order chi connectivity index (χ0) is 19.5. The van der Waals surface area contributed by atoms with Crippen molar-refractivity contribution >= 4 is 17.5 Å². The zero-order valence-corrected chi connectivity index (χ0v) is 16.4. The minimum atomic E-state index is -0.427. The largest absolute Gasteiger partial charge is 0.389 e. The first-order chi connectivity index (χ1) is 13.6. The molecule has 2 aromatic carbocycles. The van der Waals surface area contributed by atoms with Crippen molar-refractivity contribution in [3.05, 3.63) is 77.0 Å². The molecule has 1 aliphatic rings. The van der Waals surface area contributed by atoms with Crippen LogP contribution in [0.5, 0.6) is 0 Å². The predicted octanol–water partition coefficient (Wildman–Crippen LogP) is 4.40. The van der Waals surface area contributed by atoms with Crippen LogP contribution >= 0.6 is 0 Å². The van der Waals surface area contributed by atoms with Gasteiger partial charge in [-0.3, -0.25) is 0 Å². The van der Waals surface area contributed by atoms with Gasteiger partial charge in [0.2, 0.25) is 5.95 Å². The highest BCUT2D eigenvalue weighted by Gasteiger charge is 2.19. The lowest BCUT2D eigenvalue weighted by molar-refractivity contribution is 0.199. The summed E-state index contributed by atoms with van der Waals surface area (Å²) >= 11 is 0. The molecule has 0 unspecified atom stereocenters. The Morgan fingerprint density at radius 2 is 1.89 bits per heavy atom. The Bertz CT molecular complexity index is 956. The molecule has 144 valence electrons. The number of benzene rings is 2. The van der Waals surface area contributed by atoms with Gasteiger partial charge in [-0.05, 0) is 48.6 Å². The molecule has 1 aliphatic heterocycles. The molecule has 1 atom stereocenters. The molecule has 1 aromatic heterocycles. The molecule has 0 saturated carbocycles. The number of aryl methyl sites for hydroxylation is 1. The predicted molar refractivity (Wildman–Crippen MR) is 113 cm³/mol. The lowest BCUT2D eigenvalue weighted by Crippen LogP contribution is -2.31. The van der Waals surface area contributed by atoms with E-state index >= 15 is 0 Å². The minimum Gasteiger partial charge on any atom is -0.389 e. The van der Waals surface area contributed by atoms with E-state index in [1.807, 2.05) is 43.3 Å². The standard InChI is InChI=1S/C23H26N4O/c1-3-20-14-22(26-23(24-20)25-21-7-5-4-6-8-21)27-12-11-18-13-17(16(2)28)9-10-19(18)15-27/h4-10,13-14,16,28H,3,11-12,15H2,1-2H3,(H,24,25,26)/t16-/m1/s1. The van der Waals surface area contributed by atoms with Crippen molar-refractivity contribution in [2.24, 2.45) is 0 Å². The quantitative estimate of drug-likeness (QED) is 0.693. The summed E-state index contributed by atoms with van der Waals surface area (Å²) in [6.45, 7) is 5.65. The average Bonchev–Trinajstić information content (AvgIpc) is 2.73. The molecule has 2 heterocycles. The summed E-state index contributed by atoms with van der Waals surface area (Å²) in [6, 6.07) is 18.4. The summed E-state index contributed by atoms with van der Waals surface area (Å²) in [7, 11) is 0. The Kier molecular flexibility index (Phi) is 5.26. The molecular weight excluding hydrogens is 348 g/mol. The number of aliphatic hydroxyl groups excluding tert-OH is 1. The summed E-state index contributed by atoms with van der Waals surface area (Å²) in [4.78, 5) is 11.7. The highest BCUT2D eigenvalue weighted by molar-refractivity contribution is 5.56. The molecule has 4 rings (SSSR count). The van der Waals surface area contributed by atoms with E-state index in [2.05, 4.69) is 40.3 Å². The van der Waals surface area contributed by atoms with Crippen molar-refractivity contribution in [3.63, 3.8) is 0 Å². The smallest absolute Gasteiger partial charge is 0.229 e. The molecule has 0 aliphatic carbocycles. The van der Waals surface area contributed by atoms with Crippen LogP contribution in [0.1, 0.15) is 42.3 Å². The minimum absolute atomic E-state index is 0.427. The van der Waals surface area contributed by atoms with Crippen LogP contribution in [0.2, 0.25) is 0 Å². The Morgan fingerprint density at radius 1 is 1.07 bits per heavy atom. The van der Waals surface area contributed by atoms with Crippen LogP contribution < -0.4 is 10.2 Å². The molecule has 5 heteroatoms. The summed E-state index contributed by atoms with van der Waals surface area (Å²) in [6.07, 6.45) is 1.38. The third-order valence-corrected chi connectivity index (χ3v) is 5.21. The molecule has 0 amide bonds. The number of fused-ring (bicyclic) bond motifs is 1. The SMILES string of the molecule is CCc1cc(N2CCc3cc([C@@H](C)O)ccc3C2)nc(Nc2ccccc2)n1. The van der Waals surface area contributed by atoms with E-state index in [9.17, 15) is 5.11 Å². The van der Waals surface area contributed by atoms with Crippen molar-refractivity contribution in [2.45, 2.75) is 39.3 Å². The Balaban J connectivity index is 1.59. The first-order valence-corrected chi connectivity index (χ1v) is 9.87. The molecule has 0 fully saturated rings.